The van der Waals surface area contributed by atoms with Gasteiger partial charge in [0.25, 0.3) is 0 Å². The first kappa shape index (κ1) is 19.0. The van der Waals surface area contributed by atoms with Gasteiger partial charge in [-0.1, -0.05) is 60.7 Å². The van der Waals surface area contributed by atoms with Crippen molar-refractivity contribution in [3.05, 3.63) is 109 Å². The van der Waals surface area contributed by atoms with Crippen LogP contribution in [0.15, 0.2) is 111 Å². The van der Waals surface area contributed by atoms with E-state index in [1.807, 2.05) is 62.4 Å². The molecule has 0 aliphatic heterocycles. The number of rotatable bonds is 4. The lowest BCUT2D eigenvalue weighted by molar-refractivity contribution is 0.548. The first-order chi connectivity index (χ1) is 15.2. The largest absolute Gasteiger partial charge is 0.454 e. The van der Waals surface area contributed by atoms with Gasteiger partial charge in [0, 0.05) is 0 Å². The third-order valence-electron chi connectivity index (χ3n) is 5.38. The van der Waals surface area contributed by atoms with Crippen molar-refractivity contribution < 1.29 is 4.42 Å². The summed E-state index contributed by atoms with van der Waals surface area (Å²) in [7, 11) is 0. The van der Waals surface area contributed by atoms with Crippen LogP contribution < -0.4 is 0 Å². The highest BCUT2D eigenvalue weighted by atomic mass is 16.3. The van der Waals surface area contributed by atoms with Gasteiger partial charge in [-0.15, -0.1) is 0 Å². The summed E-state index contributed by atoms with van der Waals surface area (Å²) in [6, 6.07) is 32.9. The predicted molar refractivity (Wildman–Crippen MR) is 130 cm³/mol. The molecule has 0 saturated carbocycles. The Kier molecular flexibility index (Phi) is 4.93. The average molecular weight is 402 g/mol. The topological polar surface area (TPSA) is 37.9 Å². The summed E-state index contributed by atoms with van der Waals surface area (Å²) >= 11 is 0. The van der Waals surface area contributed by atoms with Crippen LogP contribution in [-0.2, 0) is 0 Å². The second-order valence-corrected chi connectivity index (χ2v) is 7.62. The number of hydrogen-bond acceptors (Lipinski definition) is 3. The smallest absolute Gasteiger partial charge is 0.148 e. The van der Waals surface area contributed by atoms with Gasteiger partial charge in [-0.2, -0.15) is 0 Å². The second-order valence-electron chi connectivity index (χ2n) is 7.62. The first-order valence-corrected chi connectivity index (χ1v) is 10.3. The highest BCUT2D eigenvalue weighted by molar-refractivity contribution is 6.02. The molecule has 1 heterocycles. The number of aliphatic imine (C=N–C) groups is 2. The van der Waals surface area contributed by atoms with Gasteiger partial charge in [0.15, 0.2) is 0 Å². The third kappa shape index (κ3) is 4.03. The molecule has 4 aromatic carbocycles. The van der Waals surface area contributed by atoms with Gasteiger partial charge in [0.1, 0.15) is 11.5 Å². The molecular weight excluding hydrogens is 380 g/mol. The Labute approximate surface area is 181 Å². The summed E-state index contributed by atoms with van der Waals surface area (Å²) in [5.74, 6) is 1.49. The van der Waals surface area contributed by atoms with E-state index < -0.39 is 0 Å². The van der Waals surface area contributed by atoms with E-state index in [1.165, 1.54) is 21.5 Å². The Morgan fingerprint density at radius 2 is 0.935 bits per heavy atom. The minimum atomic E-state index is 0.747. The zero-order valence-electron chi connectivity index (χ0n) is 17.5. The van der Waals surface area contributed by atoms with Crippen LogP contribution in [0.3, 0.4) is 0 Å². The zero-order valence-corrected chi connectivity index (χ0v) is 17.5. The Morgan fingerprint density at radius 1 is 0.516 bits per heavy atom. The maximum atomic E-state index is 6.07. The fourth-order valence-corrected chi connectivity index (χ4v) is 3.72. The quantitative estimate of drug-likeness (QED) is 0.282. The van der Waals surface area contributed by atoms with E-state index in [0.717, 1.165) is 34.3 Å². The van der Waals surface area contributed by atoms with Crippen molar-refractivity contribution in [2.45, 2.75) is 13.8 Å². The molecule has 5 aromatic rings. The van der Waals surface area contributed by atoms with Crippen LogP contribution in [0.2, 0.25) is 0 Å². The Morgan fingerprint density at radius 3 is 1.39 bits per heavy atom. The molecule has 0 fully saturated rings. The third-order valence-corrected chi connectivity index (χ3v) is 5.38. The average Bonchev–Trinajstić information content (AvgIpc) is 3.30. The van der Waals surface area contributed by atoms with Gasteiger partial charge in [0.05, 0.1) is 22.8 Å². The Bertz CT molecular complexity index is 1350. The van der Waals surface area contributed by atoms with Crippen LogP contribution in [-0.4, -0.2) is 11.4 Å². The molecule has 3 nitrogen and oxygen atoms in total. The van der Waals surface area contributed by atoms with Crippen molar-refractivity contribution in [2.24, 2.45) is 9.98 Å². The van der Waals surface area contributed by atoms with Crippen molar-refractivity contribution in [1.82, 2.24) is 0 Å². The Balaban J connectivity index is 1.41. The lowest BCUT2D eigenvalue weighted by atomic mass is 10.1. The molecule has 0 saturated heterocycles. The van der Waals surface area contributed by atoms with Crippen LogP contribution >= 0.6 is 0 Å². The van der Waals surface area contributed by atoms with E-state index in [4.69, 9.17) is 14.4 Å². The fraction of sp³-hybridized carbons (Fsp3) is 0.0714. The fourth-order valence-electron chi connectivity index (χ4n) is 3.72. The molecule has 5 rings (SSSR count). The summed E-state index contributed by atoms with van der Waals surface area (Å²) in [5, 5.41) is 4.77. The van der Waals surface area contributed by atoms with Gasteiger partial charge >= 0.3 is 0 Å². The molecule has 0 bridgehead atoms. The Hall–Kier alpha value is -3.98. The molecule has 3 heteroatoms. The van der Waals surface area contributed by atoms with Crippen LogP contribution in [0.1, 0.15) is 25.4 Å². The number of hydrogen-bond donors (Lipinski definition) is 0. The van der Waals surface area contributed by atoms with Crippen molar-refractivity contribution in [1.29, 1.82) is 0 Å². The molecule has 0 unspecified atom stereocenters. The number of benzene rings is 4. The monoisotopic (exact) mass is 402 g/mol. The summed E-state index contributed by atoms with van der Waals surface area (Å²) in [5.41, 5.74) is 3.49. The van der Waals surface area contributed by atoms with E-state index in [0.29, 0.717) is 0 Å². The lowest BCUT2D eigenvalue weighted by Gasteiger charge is -2.02. The molecule has 0 aliphatic carbocycles. The summed E-state index contributed by atoms with van der Waals surface area (Å²) < 4.78 is 6.07. The van der Waals surface area contributed by atoms with E-state index >= 15 is 0 Å². The molecular formula is C28H22N2O. The van der Waals surface area contributed by atoms with Gasteiger partial charge < -0.3 is 4.42 Å². The van der Waals surface area contributed by atoms with Crippen LogP contribution in [0, 0.1) is 0 Å². The van der Waals surface area contributed by atoms with Gasteiger partial charge in [-0.25, -0.2) is 9.98 Å². The minimum Gasteiger partial charge on any atom is -0.454 e. The second kappa shape index (κ2) is 8.04. The van der Waals surface area contributed by atoms with Crippen molar-refractivity contribution >= 4 is 44.3 Å². The van der Waals surface area contributed by atoms with E-state index in [1.54, 1.807) is 0 Å². The van der Waals surface area contributed by atoms with Crippen LogP contribution in [0.25, 0.3) is 21.5 Å². The summed E-state index contributed by atoms with van der Waals surface area (Å²) in [6.07, 6.45) is 0. The SMILES string of the molecule is CC(=Nc1ccc2ccccc2c1)c1ccc(C(C)=Nc2ccc3ccccc3c2)o1. The predicted octanol–water partition coefficient (Wildman–Crippen LogP) is 7.87. The van der Waals surface area contributed by atoms with E-state index in [-0.39, 0.29) is 0 Å². The van der Waals surface area contributed by atoms with E-state index in [9.17, 15) is 0 Å². The zero-order chi connectivity index (χ0) is 21.2. The van der Waals surface area contributed by atoms with Gasteiger partial charge in [-0.05, 0) is 71.8 Å². The summed E-state index contributed by atoms with van der Waals surface area (Å²) in [4.78, 5) is 9.51. The maximum absolute atomic E-state index is 6.07. The normalized spacial score (nSPS) is 12.6. The molecule has 0 atom stereocenters. The summed E-state index contributed by atoms with van der Waals surface area (Å²) in [6.45, 7) is 3.93. The van der Waals surface area contributed by atoms with Crippen molar-refractivity contribution in [3.63, 3.8) is 0 Å². The lowest BCUT2D eigenvalue weighted by Crippen LogP contribution is -1.93. The minimum absolute atomic E-state index is 0.747. The number of furan rings is 1. The molecule has 0 radical (unpaired) electrons. The molecule has 0 N–H and O–H groups in total. The van der Waals surface area contributed by atoms with Gasteiger partial charge in [-0.3, -0.25) is 0 Å². The highest BCUT2D eigenvalue weighted by Crippen LogP contribution is 2.24. The van der Waals surface area contributed by atoms with Crippen LogP contribution in [0.5, 0.6) is 0 Å². The van der Waals surface area contributed by atoms with Crippen molar-refractivity contribution in [2.75, 3.05) is 0 Å². The molecule has 1 aromatic heterocycles. The molecule has 150 valence electrons. The van der Waals surface area contributed by atoms with E-state index in [2.05, 4.69) is 48.5 Å². The molecule has 31 heavy (non-hydrogen) atoms. The molecule has 0 aliphatic rings. The number of nitrogens with zero attached hydrogens (tertiary/aromatic N) is 2. The van der Waals surface area contributed by atoms with Crippen molar-refractivity contribution in [3.8, 4) is 0 Å². The molecule has 0 spiro atoms. The maximum Gasteiger partial charge on any atom is 0.148 e. The van der Waals surface area contributed by atoms with Crippen LogP contribution in [0.4, 0.5) is 11.4 Å². The highest BCUT2D eigenvalue weighted by Gasteiger charge is 2.08. The molecule has 0 amide bonds. The first-order valence-electron chi connectivity index (χ1n) is 10.3. The van der Waals surface area contributed by atoms with Gasteiger partial charge in [0.2, 0.25) is 0 Å². The number of fused-ring (bicyclic) bond motifs is 2. The standard InChI is InChI=1S/C28H22N2O/c1-19(29-25-13-11-21-7-3-5-9-23(21)17-25)27-15-16-28(31-27)20(2)30-26-14-12-22-8-4-6-10-24(22)18-26/h3-18H,1-2H3.